The minimum absolute atomic E-state index is 0.423. The van der Waals surface area contributed by atoms with Gasteiger partial charge in [-0.15, -0.1) is 0 Å². The zero-order valence-corrected chi connectivity index (χ0v) is 25.4. The minimum atomic E-state index is 0.423. The number of aryl methyl sites for hydroxylation is 2. The average molecular weight is 559 g/mol. The molecule has 2 aromatic heterocycles. The summed E-state index contributed by atoms with van der Waals surface area (Å²) in [6.45, 7) is 6.50. The third-order valence-corrected chi connectivity index (χ3v) is 9.95. The van der Waals surface area contributed by atoms with E-state index < -0.39 is 0 Å². The predicted molar refractivity (Wildman–Crippen MR) is 181 cm³/mol. The Morgan fingerprint density at radius 2 is 1.67 bits per heavy atom. The van der Waals surface area contributed by atoms with Crippen molar-refractivity contribution in [3.05, 3.63) is 142 Å². The van der Waals surface area contributed by atoms with Crippen LogP contribution in [0.25, 0.3) is 33.0 Å². The van der Waals surface area contributed by atoms with Crippen molar-refractivity contribution >= 4 is 33.0 Å². The Morgan fingerprint density at radius 1 is 0.814 bits per heavy atom. The largest absolute Gasteiger partial charge is 0.251 e. The van der Waals surface area contributed by atoms with Crippen molar-refractivity contribution < 1.29 is 0 Å². The quantitative estimate of drug-likeness (QED) is 0.234. The minimum Gasteiger partial charge on any atom is -0.251 e. The van der Waals surface area contributed by atoms with Gasteiger partial charge in [0.25, 0.3) is 0 Å². The maximum absolute atomic E-state index is 5.02. The van der Waals surface area contributed by atoms with Crippen LogP contribution in [0.1, 0.15) is 73.0 Å². The molecule has 0 saturated carbocycles. The van der Waals surface area contributed by atoms with Crippen LogP contribution in [0, 0.1) is 25.7 Å². The standard InChI is InChI=1S/C41H38N2/c1-25-15-18-28(19-16-25)38-32-11-4-6-13-34(32)39(35-14-7-5-12-33(35)38)31-10-8-9-30(24-31)37-23-27(3)43-41-36(37)22-21-29-20-17-26(2)42-40(29)41/h4,6-7,10-11,13-15,17-25,33,38H,5,8-9,12,16H2,1-3H3/t25-,33-,38-/m0/s1. The van der Waals surface area contributed by atoms with Gasteiger partial charge in [-0.3, -0.25) is 9.97 Å². The first-order valence-electron chi connectivity index (χ1n) is 16.0. The highest BCUT2D eigenvalue weighted by atomic mass is 14.8. The van der Waals surface area contributed by atoms with Gasteiger partial charge in [0.1, 0.15) is 0 Å². The molecule has 212 valence electrons. The molecule has 43 heavy (non-hydrogen) atoms. The molecule has 3 atom stereocenters. The lowest BCUT2D eigenvalue weighted by Crippen LogP contribution is -2.25. The number of pyridine rings is 2. The van der Waals surface area contributed by atoms with Crippen LogP contribution in [0.15, 0.2) is 114 Å². The Kier molecular flexibility index (Phi) is 6.40. The van der Waals surface area contributed by atoms with Gasteiger partial charge in [0.15, 0.2) is 0 Å². The van der Waals surface area contributed by atoms with Gasteiger partial charge in [-0.1, -0.05) is 91.9 Å². The number of allylic oxidation sites excluding steroid dienone is 12. The highest BCUT2D eigenvalue weighted by Gasteiger charge is 2.37. The Balaban J connectivity index is 1.29. The van der Waals surface area contributed by atoms with E-state index in [9.17, 15) is 0 Å². The third-order valence-electron chi connectivity index (χ3n) is 9.95. The van der Waals surface area contributed by atoms with E-state index in [1.807, 2.05) is 0 Å². The van der Waals surface area contributed by atoms with E-state index in [1.54, 1.807) is 0 Å². The van der Waals surface area contributed by atoms with Crippen molar-refractivity contribution in [1.29, 1.82) is 0 Å². The number of benzene rings is 2. The summed E-state index contributed by atoms with van der Waals surface area (Å²) in [6, 6.07) is 20.2. The number of aromatic nitrogens is 2. The molecule has 0 spiro atoms. The van der Waals surface area contributed by atoms with Crippen LogP contribution in [-0.2, 0) is 0 Å². The van der Waals surface area contributed by atoms with Gasteiger partial charge >= 0.3 is 0 Å². The first-order chi connectivity index (χ1) is 21.0. The fourth-order valence-electron chi connectivity index (χ4n) is 7.91. The normalized spacial score (nSPS) is 23.1. The molecule has 2 heteroatoms. The molecular weight excluding hydrogens is 520 g/mol. The Bertz CT molecular complexity index is 1990. The van der Waals surface area contributed by atoms with Crippen LogP contribution in [0.4, 0.5) is 0 Å². The van der Waals surface area contributed by atoms with Crippen molar-refractivity contribution in [3.63, 3.8) is 0 Å². The molecule has 4 aliphatic carbocycles. The third kappa shape index (κ3) is 4.47. The molecule has 0 N–H and O–H groups in total. The molecular formula is C41H38N2. The second-order valence-electron chi connectivity index (χ2n) is 12.9. The molecule has 0 aliphatic heterocycles. The second kappa shape index (κ2) is 10.5. The summed E-state index contributed by atoms with van der Waals surface area (Å²) in [7, 11) is 0. The average Bonchev–Trinajstić information content (AvgIpc) is 3.04. The molecule has 0 unspecified atom stereocenters. The van der Waals surface area contributed by atoms with E-state index in [0.717, 1.165) is 53.5 Å². The fraction of sp³-hybridized carbons (Fsp3) is 0.268. The van der Waals surface area contributed by atoms with E-state index in [4.69, 9.17) is 9.97 Å². The highest BCUT2D eigenvalue weighted by Crippen LogP contribution is 2.53. The van der Waals surface area contributed by atoms with Gasteiger partial charge in [0.05, 0.1) is 11.0 Å². The van der Waals surface area contributed by atoms with E-state index in [0.29, 0.717) is 17.8 Å². The fourth-order valence-corrected chi connectivity index (χ4v) is 7.91. The smallest absolute Gasteiger partial charge is 0.0973 e. The zero-order valence-electron chi connectivity index (χ0n) is 25.4. The molecule has 0 fully saturated rings. The number of hydrogen-bond acceptors (Lipinski definition) is 2. The van der Waals surface area contributed by atoms with Gasteiger partial charge in [-0.25, -0.2) is 0 Å². The number of nitrogens with zero attached hydrogens (tertiary/aromatic N) is 2. The number of rotatable bonds is 3. The topological polar surface area (TPSA) is 25.8 Å². The van der Waals surface area contributed by atoms with Crippen molar-refractivity contribution in [1.82, 2.24) is 9.97 Å². The summed E-state index contributed by atoms with van der Waals surface area (Å²) >= 11 is 0. The first-order valence-corrected chi connectivity index (χ1v) is 16.0. The molecule has 8 rings (SSSR count). The number of fused-ring (bicyclic) bond motifs is 5. The van der Waals surface area contributed by atoms with E-state index in [-0.39, 0.29) is 0 Å². The lowest BCUT2D eigenvalue weighted by molar-refractivity contribution is 0.491. The van der Waals surface area contributed by atoms with Crippen molar-refractivity contribution in [2.24, 2.45) is 11.8 Å². The van der Waals surface area contributed by atoms with Crippen LogP contribution in [0.5, 0.6) is 0 Å². The molecule has 0 saturated heterocycles. The molecule has 0 bridgehead atoms. The Labute approximate surface area is 255 Å². The van der Waals surface area contributed by atoms with E-state index in [1.165, 1.54) is 56.4 Å². The monoisotopic (exact) mass is 558 g/mol. The summed E-state index contributed by atoms with van der Waals surface area (Å²) in [4.78, 5) is 9.94. The summed E-state index contributed by atoms with van der Waals surface area (Å²) in [5.74, 6) is 1.55. The highest BCUT2D eigenvalue weighted by molar-refractivity contribution is 6.07. The molecule has 0 radical (unpaired) electrons. The van der Waals surface area contributed by atoms with Gasteiger partial charge in [0, 0.05) is 28.1 Å². The van der Waals surface area contributed by atoms with Gasteiger partial charge in [0.2, 0.25) is 0 Å². The molecule has 4 aliphatic rings. The van der Waals surface area contributed by atoms with Crippen LogP contribution < -0.4 is 0 Å². The lowest BCUT2D eigenvalue weighted by atomic mass is 9.63. The zero-order chi connectivity index (χ0) is 29.1. The van der Waals surface area contributed by atoms with Gasteiger partial charge < -0.3 is 0 Å². The van der Waals surface area contributed by atoms with Crippen molar-refractivity contribution in [2.45, 2.75) is 58.8 Å². The van der Waals surface area contributed by atoms with Gasteiger partial charge in [-0.2, -0.15) is 0 Å². The van der Waals surface area contributed by atoms with Crippen molar-refractivity contribution in [2.75, 3.05) is 0 Å². The van der Waals surface area contributed by atoms with Crippen LogP contribution >= 0.6 is 0 Å². The maximum Gasteiger partial charge on any atom is 0.0973 e. The Morgan fingerprint density at radius 3 is 2.56 bits per heavy atom. The van der Waals surface area contributed by atoms with E-state index >= 15 is 0 Å². The first kappa shape index (κ1) is 26.3. The van der Waals surface area contributed by atoms with E-state index in [2.05, 4.69) is 118 Å². The summed E-state index contributed by atoms with van der Waals surface area (Å²) < 4.78 is 0. The van der Waals surface area contributed by atoms with Crippen molar-refractivity contribution in [3.8, 4) is 0 Å². The maximum atomic E-state index is 5.02. The Hall–Kier alpha value is -4.30. The molecule has 4 aromatic rings. The second-order valence-corrected chi connectivity index (χ2v) is 12.9. The SMILES string of the molecule is Cc1ccc2ccc3c(C4=CC(C5=C6C=CCC[C@@H]6[C@@H](C6=CC[C@@H](C)C=C6)c6ccccc65)=CCC4)cc(C)nc3c2n1. The molecule has 2 heterocycles. The summed E-state index contributed by atoms with van der Waals surface area (Å²) in [5.41, 5.74) is 15.5. The molecule has 0 amide bonds. The van der Waals surface area contributed by atoms with Gasteiger partial charge in [-0.05, 0) is 114 Å². The predicted octanol–water partition coefficient (Wildman–Crippen LogP) is 10.5. The molecule has 2 aromatic carbocycles. The van der Waals surface area contributed by atoms with Crippen LogP contribution in [0.2, 0.25) is 0 Å². The van der Waals surface area contributed by atoms with Crippen LogP contribution in [0.3, 0.4) is 0 Å². The summed E-state index contributed by atoms with van der Waals surface area (Å²) in [6.07, 6.45) is 22.7. The molecule has 2 nitrogen and oxygen atoms in total. The number of hydrogen-bond donors (Lipinski definition) is 0. The van der Waals surface area contributed by atoms with Crippen LogP contribution in [-0.4, -0.2) is 9.97 Å². The lowest BCUT2D eigenvalue weighted by Gasteiger charge is -2.40. The summed E-state index contributed by atoms with van der Waals surface area (Å²) in [5, 5.41) is 2.35.